The van der Waals surface area contributed by atoms with Crippen LogP contribution in [0.3, 0.4) is 0 Å². The molecule has 2 nitrogen and oxygen atoms in total. The molecule has 0 aromatic heterocycles. The summed E-state index contributed by atoms with van der Waals surface area (Å²) in [4.78, 5) is 4.04. The van der Waals surface area contributed by atoms with E-state index in [1.54, 1.807) is 24.3 Å². The Hall–Kier alpha value is -1.87. The van der Waals surface area contributed by atoms with Gasteiger partial charge in [0, 0.05) is 17.8 Å². The molecule has 0 amide bonds. The van der Waals surface area contributed by atoms with Gasteiger partial charge in [-0.25, -0.2) is 4.39 Å². The Balaban J connectivity index is 2.32. The van der Waals surface area contributed by atoms with Crippen molar-refractivity contribution < 1.29 is 9.50 Å². The van der Waals surface area contributed by atoms with Crippen LogP contribution in [0.15, 0.2) is 47.5 Å². The minimum Gasteiger partial charge on any atom is -0.507 e. The maximum absolute atomic E-state index is 13.0. The zero-order valence-electron chi connectivity index (χ0n) is 8.77. The third kappa shape index (κ3) is 2.82. The molecule has 0 atom stereocenters. The molecule has 17 heavy (non-hydrogen) atoms. The molecule has 0 unspecified atom stereocenters. The lowest BCUT2D eigenvalue weighted by Gasteiger charge is -1.99. The molecule has 0 saturated heterocycles. The van der Waals surface area contributed by atoms with Crippen molar-refractivity contribution in [3.8, 4) is 5.75 Å². The molecule has 0 spiro atoms. The Morgan fingerprint density at radius 3 is 2.71 bits per heavy atom. The summed E-state index contributed by atoms with van der Waals surface area (Å²) in [5.74, 6) is -0.289. The number of para-hydroxylation sites is 1. The van der Waals surface area contributed by atoms with Crippen LogP contribution in [0.25, 0.3) is 0 Å². The maximum Gasteiger partial charge on any atom is 0.125 e. The minimum absolute atomic E-state index is 0.115. The Kier molecular flexibility index (Phi) is 3.40. The third-order valence-corrected chi connectivity index (χ3v) is 2.51. The van der Waals surface area contributed by atoms with Gasteiger partial charge in [0.2, 0.25) is 0 Å². The highest BCUT2D eigenvalue weighted by molar-refractivity contribution is 6.33. The van der Waals surface area contributed by atoms with E-state index in [-0.39, 0.29) is 5.75 Å². The molecule has 2 aromatic carbocycles. The van der Waals surface area contributed by atoms with Crippen LogP contribution in [0.2, 0.25) is 5.02 Å². The van der Waals surface area contributed by atoms with Crippen molar-refractivity contribution >= 4 is 23.5 Å². The van der Waals surface area contributed by atoms with Gasteiger partial charge in [-0.3, -0.25) is 4.99 Å². The quantitative estimate of drug-likeness (QED) is 0.804. The summed E-state index contributed by atoms with van der Waals surface area (Å²) < 4.78 is 13.0. The average molecular weight is 250 g/mol. The molecule has 0 radical (unpaired) electrons. The van der Waals surface area contributed by atoms with E-state index in [1.807, 2.05) is 0 Å². The van der Waals surface area contributed by atoms with Gasteiger partial charge in [-0.15, -0.1) is 0 Å². The minimum atomic E-state index is -0.404. The van der Waals surface area contributed by atoms with Gasteiger partial charge >= 0.3 is 0 Å². The number of hydrogen-bond acceptors (Lipinski definition) is 2. The first-order chi connectivity index (χ1) is 8.16. The molecule has 0 fully saturated rings. The van der Waals surface area contributed by atoms with Crippen LogP contribution in [0.1, 0.15) is 5.56 Å². The van der Waals surface area contributed by atoms with Crippen LogP contribution in [0, 0.1) is 5.82 Å². The van der Waals surface area contributed by atoms with Crippen molar-refractivity contribution in [3.63, 3.8) is 0 Å². The molecule has 0 saturated carbocycles. The number of aromatic hydroxyl groups is 1. The van der Waals surface area contributed by atoms with Crippen LogP contribution in [0.5, 0.6) is 5.75 Å². The highest BCUT2D eigenvalue weighted by Crippen LogP contribution is 2.25. The van der Waals surface area contributed by atoms with Gasteiger partial charge in [0.1, 0.15) is 11.6 Å². The van der Waals surface area contributed by atoms with E-state index in [4.69, 9.17) is 11.6 Å². The molecule has 86 valence electrons. The van der Waals surface area contributed by atoms with E-state index in [1.165, 1.54) is 24.4 Å². The summed E-state index contributed by atoms with van der Waals surface area (Å²) >= 11 is 5.86. The largest absolute Gasteiger partial charge is 0.507 e. The molecule has 0 aliphatic heterocycles. The molecule has 0 aliphatic rings. The normalized spacial score (nSPS) is 10.9. The predicted molar refractivity (Wildman–Crippen MR) is 66.8 cm³/mol. The number of nitrogens with zero attached hydrogens (tertiary/aromatic N) is 1. The third-order valence-electron chi connectivity index (χ3n) is 2.19. The highest BCUT2D eigenvalue weighted by Gasteiger charge is 2.00. The topological polar surface area (TPSA) is 32.6 Å². The van der Waals surface area contributed by atoms with Crippen molar-refractivity contribution in [1.82, 2.24) is 0 Å². The van der Waals surface area contributed by atoms with Crippen LogP contribution in [-0.2, 0) is 0 Å². The summed E-state index contributed by atoms with van der Waals surface area (Å²) in [5.41, 5.74) is 0.878. The Morgan fingerprint density at radius 1 is 1.18 bits per heavy atom. The monoisotopic (exact) mass is 249 g/mol. The second kappa shape index (κ2) is 4.97. The molecular formula is C13H9ClFNO. The number of aliphatic imine (C=N–C) groups is 1. The van der Waals surface area contributed by atoms with Gasteiger partial charge in [0.05, 0.1) is 10.7 Å². The number of rotatable bonds is 2. The Bertz CT molecular complexity index is 569. The Labute approximate surface area is 103 Å². The summed E-state index contributed by atoms with van der Waals surface area (Å²) in [6, 6.07) is 10.7. The fourth-order valence-corrected chi connectivity index (χ4v) is 1.49. The summed E-state index contributed by atoms with van der Waals surface area (Å²) in [6.07, 6.45) is 1.44. The van der Waals surface area contributed by atoms with E-state index in [0.29, 0.717) is 16.3 Å². The molecule has 2 rings (SSSR count). The van der Waals surface area contributed by atoms with E-state index < -0.39 is 5.82 Å². The summed E-state index contributed by atoms with van der Waals surface area (Å²) in [6.45, 7) is 0. The van der Waals surface area contributed by atoms with Crippen LogP contribution < -0.4 is 0 Å². The predicted octanol–water partition coefficient (Wildman–Crippen LogP) is 3.94. The lowest BCUT2D eigenvalue weighted by Crippen LogP contribution is -1.81. The van der Waals surface area contributed by atoms with E-state index in [9.17, 15) is 9.50 Å². The standard InChI is InChI=1S/C13H9ClFNO/c14-11-6-5-10(15)7-12(11)16-8-9-3-1-2-4-13(9)17/h1-8,17H. The average Bonchev–Trinajstić information content (AvgIpc) is 2.32. The summed E-state index contributed by atoms with van der Waals surface area (Å²) in [5, 5.41) is 9.87. The molecule has 0 aliphatic carbocycles. The van der Waals surface area contributed by atoms with Crippen molar-refractivity contribution in [2.75, 3.05) is 0 Å². The van der Waals surface area contributed by atoms with Gasteiger partial charge in [-0.05, 0) is 24.3 Å². The number of phenols is 1. The Morgan fingerprint density at radius 2 is 1.94 bits per heavy atom. The first kappa shape index (κ1) is 11.6. The van der Waals surface area contributed by atoms with Crippen molar-refractivity contribution in [2.24, 2.45) is 4.99 Å². The fraction of sp³-hybridized carbons (Fsp3) is 0. The SMILES string of the molecule is Oc1ccccc1C=Nc1cc(F)ccc1Cl. The van der Waals surface area contributed by atoms with Gasteiger partial charge in [0.15, 0.2) is 0 Å². The first-order valence-corrected chi connectivity index (χ1v) is 5.32. The van der Waals surface area contributed by atoms with E-state index >= 15 is 0 Å². The molecule has 2 aromatic rings. The number of benzene rings is 2. The van der Waals surface area contributed by atoms with Gasteiger partial charge < -0.3 is 5.11 Å². The van der Waals surface area contributed by atoms with Gasteiger partial charge in [-0.1, -0.05) is 23.7 Å². The number of phenolic OH excluding ortho intramolecular Hbond substituents is 1. The number of halogens is 2. The molecule has 0 heterocycles. The molecular weight excluding hydrogens is 241 g/mol. The van der Waals surface area contributed by atoms with Crippen LogP contribution in [0.4, 0.5) is 10.1 Å². The van der Waals surface area contributed by atoms with Crippen molar-refractivity contribution in [3.05, 3.63) is 58.9 Å². The van der Waals surface area contributed by atoms with E-state index in [2.05, 4.69) is 4.99 Å². The van der Waals surface area contributed by atoms with Crippen LogP contribution >= 0.6 is 11.6 Å². The van der Waals surface area contributed by atoms with Crippen molar-refractivity contribution in [1.29, 1.82) is 0 Å². The van der Waals surface area contributed by atoms with Gasteiger partial charge in [-0.2, -0.15) is 0 Å². The van der Waals surface area contributed by atoms with Gasteiger partial charge in [0.25, 0.3) is 0 Å². The van der Waals surface area contributed by atoms with E-state index in [0.717, 1.165) is 0 Å². The fourth-order valence-electron chi connectivity index (χ4n) is 1.32. The second-order valence-electron chi connectivity index (χ2n) is 3.41. The first-order valence-electron chi connectivity index (χ1n) is 4.94. The zero-order chi connectivity index (χ0) is 12.3. The molecule has 4 heteroatoms. The lowest BCUT2D eigenvalue weighted by molar-refractivity contribution is 0.474. The smallest absolute Gasteiger partial charge is 0.125 e. The number of hydrogen-bond donors (Lipinski definition) is 1. The molecule has 0 bridgehead atoms. The second-order valence-corrected chi connectivity index (χ2v) is 3.82. The summed E-state index contributed by atoms with van der Waals surface area (Å²) in [7, 11) is 0. The molecule has 1 N–H and O–H groups in total. The lowest BCUT2D eigenvalue weighted by atomic mass is 10.2. The van der Waals surface area contributed by atoms with Crippen molar-refractivity contribution in [2.45, 2.75) is 0 Å². The highest BCUT2D eigenvalue weighted by atomic mass is 35.5. The maximum atomic E-state index is 13.0. The zero-order valence-corrected chi connectivity index (χ0v) is 9.53. The van der Waals surface area contributed by atoms with Crippen LogP contribution in [-0.4, -0.2) is 11.3 Å².